The first kappa shape index (κ1) is 21.3. The van der Waals surface area contributed by atoms with Crippen molar-refractivity contribution >= 4 is 27.4 Å². The molecule has 0 atom stereocenters. The molecule has 0 radical (unpaired) electrons. The van der Waals surface area contributed by atoms with Crippen molar-refractivity contribution in [3.05, 3.63) is 102 Å². The molecule has 0 saturated carbocycles. The van der Waals surface area contributed by atoms with Gasteiger partial charge in [-0.3, -0.25) is 9.52 Å². The van der Waals surface area contributed by atoms with Crippen LogP contribution in [0.25, 0.3) is 5.69 Å². The first-order valence-corrected chi connectivity index (χ1v) is 11.1. The van der Waals surface area contributed by atoms with Gasteiger partial charge in [0, 0.05) is 23.5 Å². The van der Waals surface area contributed by atoms with E-state index in [1.165, 1.54) is 24.3 Å². The minimum absolute atomic E-state index is 0.174. The van der Waals surface area contributed by atoms with Gasteiger partial charge in [-0.25, -0.2) is 17.5 Å². The summed E-state index contributed by atoms with van der Waals surface area (Å²) in [5.41, 5.74) is 1.59. The van der Waals surface area contributed by atoms with Gasteiger partial charge < -0.3 is 5.32 Å². The fourth-order valence-corrected chi connectivity index (χ4v) is 4.04. The summed E-state index contributed by atoms with van der Waals surface area (Å²) in [6.07, 6.45) is 1.72. The number of hydrogen-bond donors (Lipinski definition) is 2. The van der Waals surface area contributed by atoms with Crippen molar-refractivity contribution in [1.82, 2.24) is 9.78 Å². The van der Waals surface area contributed by atoms with Crippen LogP contribution in [-0.4, -0.2) is 24.1 Å². The number of nitrogens with zero attached hydrogens (tertiary/aromatic N) is 2. The number of halogens is 1. The Morgan fingerprint density at radius 1 is 0.969 bits per heavy atom. The van der Waals surface area contributed by atoms with Gasteiger partial charge >= 0.3 is 0 Å². The zero-order valence-corrected chi connectivity index (χ0v) is 17.8. The van der Waals surface area contributed by atoms with Crippen LogP contribution in [0.4, 0.5) is 15.9 Å². The van der Waals surface area contributed by atoms with Gasteiger partial charge in [-0.2, -0.15) is 5.10 Å². The lowest BCUT2D eigenvalue weighted by atomic mass is 10.2. The molecular weight excluding hydrogens is 431 g/mol. The monoisotopic (exact) mass is 450 g/mol. The molecule has 32 heavy (non-hydrogen) atoms. The van der Waals surface area contributed by atoms with Crippen LogP contribution in [0.15, 0.2) is 90.0 Å². The maximum absolute atomic E-state index is 13.8. The Balaban J connectivity index is 1.49. The average Bonchev–Trinajstić information content (AvgIpc) is 3.24. The summed E-state index contributed by atoms with van der Waals surface area (Å²) < 4.78 is 42.9. The van der Waals surface area contributed by atoms with Gasteiger partial charge in [0.25, 0.3) is 15.9 Å². The van der Waals surface area contributed by atoms with Crippen LogP contribution in [0.1, 0.15) is 15.9 Å². The third kappa shape index (κ3) is 4.68. The lowest BCUT2D eigenvalue weighted by Gasteiger charge is -2.10. The summed E-state index contributed by atoms with van der Waals surface area (Å²) >= 11 is 0. The van der Waals surface area contributed by atoms with Crippen molar-refractivity contribution in [2.45, 2.75) is 11.8 Å². The van der Waals surface area contributed by atoms with E-state index in [9.17, 15) is 17.6 Å². The summed E-state index contributed by atoms with van der Waals surface area (Å²) in [5.74, 6) is -0.721. The quantitative estimate of drug-likeness (QED) is 0.456. The van der Waals surface area contributed by atoms with Crippen molar-refractivity contribution in [2.24, 2.45) is 0 Å². The Hall–Kier alpha value is -3.98. The predicted molar refractivity (Wildman–Crippen MR) is 120 cm³/mol. The van der Waals surface area contributed by atoms with Crippen LogP contribution in [0.3, 0.4) is 0 Å². The maximum atomic E-state index is 13.8. The number of hydrogen-bond acceptors (Lipinski definition) is 4. The molecule has 0 aliphatic rings. The first-order chi connectivity index (χ1) is 15.3. The zero-order chi connectivity index (χ0) is 22.7. The van der Waals surface area contributed by atoms with Crippen molar-refractivity contribution < 1.29 is 17.6 Å². The lowest BCUT2D eigenvalue weighted by molar-refractivity contribution is 0.102. The second-order valence-corrected chi connectivity index (χ2v) is 8.71. The molecule has 0 spiro atoms. The molecule has 0 unspecified atom stereocenters. The molecule has 162 valence electrons. The van der Waals surface area contributed by atoms with Gasteiger partial charge in [-0.1, -0.05) is 30.3 Å². The predicted octanol–water partition coefficient (Wildman–Crippen LogP) is 4.37. The summed E-state index contributed by atoms with van der Waals surface area (Å²) in [5, 5.41) is 7.01. The molecule has 1 aromatic heterocycles. The number of carbonyl (C=O) groups excluding carboxylic acids is 1. The van der Waals surface area contributed by atoms with Gasteiger partial charge in [0.1, 0.15) is 5.82 Å². The SMILES string of the molecule is Cc1ccc(S(=O)(=O)Nc2cccc(C(=O)Nc3ccn(-c4ccccc4)n3)c2)cc1F. The van der Waals surface area contributed by atoms with Gasteiger partial charge in [-0.05, 0) is 55.0 Å². The van der Waals surface area contributed by atoms with Crippen molar-refractivity contribution in [3.8, 4) is 5.69 Å². The molecule has 2 N–H and O–H groups in total. The molecule has 0 aliphatic carbocycles. The minimum Gasteiger partial charge on any atom is -0.305 e. The third-order valence-corrected chi connectivity index (χ3v) is 6.06. The van der Waals surface area contributed by atoms with Gasteiger partial charge in [0.15, 0.2) is 5.82 Å². The number of aryl methyl sites for hydroxylation is 1. The normalized spacial score (nSPS) is 11.2. The summed E-state index contributed by atoms with van der Waals surface area (Å²) in [6, 6.07) is 20.7. The molecule has 7 nitrogen and oxygen atoms in total. The summed E-state index contributed by atoms with van der Waals surface area (Å²) in [6.45, 7) is 1.55. The fourth-order valence-electron chi connectivity index (χ4n) is 2.98. The Morgan fingerprint density at radius 3 is 2.50 bits per heavy atom. The van der Waals surface area contributed by atoms with Crippen LogP contribution in [0.2, 0.25) is 0 Å². The standard InChI is InChI=1S/C23H19FN4O3S/c1-16-10-11-20(15-21(16)24)32(30,31)27-18-7-5-6-17(14-18)23(29)25-22-12-13-28(26-22)19-8-3-2-4-9-19/h2-15,27H,1H3,(H,25,26,29). The van der Waals surface area contributed by atoms with E-state index in [0.717, 1.165) is 11.8 Å². The zero-order valence-electron chi connectivity index (χ0n) is 17.0. The van der Waals surface area contributed by atoms with Crippen LogP contribution >= 0.6 is 0 Å². The number of benzene rings is 3. The molecule has 0 fully saturated rings. The highest BCUT2D eigenvalue weighted by molar-refractivity contribution is 7.92. The van der Waals surface area contributed by atoms with Gasteiger partial charge in [-0.15, -0.1) is 0 Å². The summed E-state index contributed by atoms with van der Waals surface area (Å²) in [4.78, 5) is 12.4. The third-order valence-electron chi connectivity index (χ3n) is 4.68. The number of para-hydroxylation sites is 1. The molecule has 0 saturated heterocycles. The van der Waals surface area contributed by atoms with Crippen LogP contribution in [0.5, 0.6) is 0 Å². The maximum Gasteiger partial charge on any atom is 0.261 e. The number of amides is 1. The van der Waals surface area contributed by atoms with E-state index in [4.69, 9.17) is 0 Å². The Kier molecular flexibility index (Phi) is 5.74. The Morgan fingerprint density at radius 2 is 1.75 bits per heavy atom. The topological polar surface area (TPSA) is 93.1 Å². The van der Waals surface area contributed by atoms with Crippen LogP contribution in [-0.2, 0) is 10.0 Å². The highest BCUT2D eigenvalue weighted by Crippen LogP contribution is 2.20. The largest absolute Gasteiger partial charge is 0.305 e. The minimum atomic E-state index is -4.02. The van der Waals surface area contributed by atoms with Crippen molar-refractivity contribution in [2.75, 3.05) is 10.0 Å². The smallest absolute Gasteiger partial charge is 0.261 e. The molecule has 1 heterocycles. The summed E-state index contributed by atoms with van der Waals surface area (Å²) in [7, 11) is -4.02. The number of carbonyl (C=O) groups is 1. The molecule has 0 bridgehead atoms. The number of sulfonamides is 1. The van der Waals surface area contributed by atoms with E-state index >= 15 is 0 Å². The molecular formula is C23H19FN4O3S. The Bertz CT molecular complexity index is 1390. The van der Waals surface area contributed by atoms with Crippen LogP contribution in [0, 0.1) is 12.7 Å². The highest BCUT2D eigenvalue weighted by atomic mass is 32.2. The van der Waals surface area contributed by atoms with Crippen molar-refractivity contribution in [1.29, 1.82) is 0 Å². The number of aromatic nitrogens is 2. The number of nitrogens with one attached hydrogen (secondary N) is 2. The van der Waals surface area contributed by atoms with Crippen LogP contribution < -0.4 is 10.0 Å². The van der Waals surface area contributed by atoms with E-state index in [1.807, 2.05) is 30.3 Å². The molecule has 4 aromatic rings. The average molecular weight is 450 g/mol. The van der Waals surface area contributed by atoms with Gasteiger partial charge in [0.05, 0.1) is 10.6 Å². The Labute approximate surface area is 184 Å². The van der Waals surface area contributed by atoms with E-state index in [-0.39, 0.29) is 16.1 Å². The molecule has 0 aliphatic heterocycles. The van der Waals surface area contributed by atoms with E-state index in [0.29, 0.717) is 11.4 Å². The molecule has 1 amide bonds. The number of rotatable bonds is 6. The number of anilines is 2. The van der Waals surface area contributed by atoms with E-state index in [1.54, 1.807) is 36.0 Å². The first-order valence-electron chi connectivity index (χ1n) is 9.63. The highest BCUT2D eigenvalue weighted by Gasteiger charge is 2.17. The van der Waals surface area contributed by atoms with Crippen molar-refractivity contribution in [3.63, 3.8) is 0 Å². The van der Waals surface area contributed by atoms with E-state index < -0.39 is 21.7 Å². The lowest BCUT2D eigenvalue weighted by Crippen LogP contribution is -2.15. The van der Waals surface area contributed by atoms with E-state index in [2.05, 4.69) is 15.1 Å². The molecule has 9 heteroatoms. The second-order valence-electron chi connectivity index (χ2n) is 7.03. The second kappa shape index (κ2) is 8.64. The fraction of sp³-hybridized carbons (Fsp3) is 0.0435. The molecule has 3 aromatic carbocycles. The molecule has 4 rings (SSSR count). The van der Waals surface area contributed by atoms with Gasteiger partial charge in [0.2, 0.25) is 0 Å².